The van der Waals surface area contributed by atoms with E-state index in [9.17, 15) is 9.59 Å². The average Bonchev–Trinajstić information content (AvgIpc) is 2.48. The van der Waals surface area contributed by atoms with Crippen molar-refractivity contribution in [1.82, 2.24) is 5.32 Å². The SMILES string of the molecule is CCC(CC(=O)O)NC(=O)c1ccc(N(CC)CC)cc1. The van der Waals surface area contributed by atoms with Gasteiger partial charge in [-0.05, 0) is 44.5 Å². The Morgan fingerprint density at radius 3 is 2.14 bits per heavy atom. The predicted molar refractivity (Wildman–Crippen MR) is 83.8 cm³/mol. The molecule has 0 spiro atoms. The molecular formula is C16H24N2O3. The second-order valence-electron chi connectivity index (χ2n) is 4.90. The zero-order valence-corrected chi connectivity index (χ0v) is 12.9. The third-order valence-electron chi connectivity index (χ3n) is 3.51. The van der Waals surface area contributed by atoms with Crippen LogP contribution in [0.2, 0.25) is 0 Å². The number of carbonyl (C=O) groups excluding carboxylic acids is 1. The second-order valence-corrected chi connectivity index (χ2v) is 4.90. The molecule has 0 aliphatic heterocycles. The molecule has 1 rings (SSSR count). The number of aliphatic carboxylic acids is 1. The summed E-state index contributed by atoms with van der Waals surface area (Å²) in [6, 6.07) is 7.05. The highest BCUT2D eigenvalue weighted by Crippen LogP contribution is 2.15. The van der Waals surface area contributed by atoms with E-state index < -0.39 is 5.97 Å². The summed E-state index contributed by atoms with van der Waals surface area (Å²) >= 11 is 0. The third kappa shape index (κ3) is 5.10. The molecule has 5 heteroatoms. The topological polar surface area (TPSA) is 69.6 Å². The van der Waals surface area contributed by atoms with E-state index in [1.165, 1.54) is 0 Å². The lowest BCUT2D eigenvalue weighted by Crippen LogP contribution is -2.36. The Morgan fingerprint density at radius 2 is 1.71 bits per heavy atom. The number of nitrogens with one attached hydrogen (secondary N) is 1. The van der Waals surface area contributed by atoms with E-state index in [4.69, 9.17) is 5.11 Å². The van der Waals surface area contributed by atoms with Crippen molar-refractivity contribution < 1.29 is 14.7 Å². The van der Waals surface area contributed by atoms with Gasteiger partial charge in [0, 0.05) is 30.4 Å². The number of hydrogen-bond acceptors (Lipinski definition) is 3. The Bertz CT molecular complexity index is 467. The Hall–Kier alpha value is -2.04. The minimum Gasteiger partial charge on any atom is -0.481 e. The number of benzene rings is 1. The standard InChI is InChI=1S/C16H24N2O3/c1-4-13(11-15(19)20)17-16(21)12-7-9-14(10-8-12)18(5-2)6-3/h7-10,13H,4-6,11H2,1-3H3,(H,17,21)(H,19,20). The van der Waals surface area contributed by atoms with E-state index in [1.807, 2.05) is 19.1 Å². The van der Waals surface area contributed by atoms with Gasteiger partial charge in [0.2, 0.25) is 0 Å². The van der Waals surface area contributed by atoms with E-state index in [0.29, 0.717) is 12.0 Å². The first-order valence-electron chi connectivity index (χ1n) is 7.39. The first-order valence-corrected chi connectivity index (χ1v) is 7.39. The van der Waals surface area contributed by atoms with Crippen molar-refractivity contribution in [1.29, 1.82) is 0 Å². The van der Waals surface area contributed by atoms with Crippen LogP contribution < -0.4 is 10.2 Å². The van der Waals surface area contributed by atoms with E-state index in [2.05, 4.69) is 24.1 Å². The van der Waals surface area contributed by atoms with E-state index >= 15 is 0 Å². The summed E-state index contributed by atoms with van der Waals surface area (Å²) in [6.45, 7) is 7.86. The molecular weight excluding hydrogens is 268 g/mol. The quantitative estimate of drug-likeness (QED) is 0.772. The second kappa shape index (κ2) is 8.29. The molecule has 1 unspecified atom stereocenters. The molecule has 1 atom stereocenters. The first-order chi connectivity index (χ1) is 10.0. The fraction of sp³-hybridized carbons (Fsp3) is 0.500. The lowest BCUT2D eigenvalue weighted by Gasteiger charge is -2.21. The molecule has 116 valence electrons. The number of anilines is 1. The van der Waals surface area contributed by atoms with Crippen molar-refractivity contribution in [2.75, 3.05) is 18.0 Å². The minimum absolute atomic E-state index is 0.0558. The summed E-state index contributed by atoms with van der Waals surface area (Å²) in [5, 5.41) is 11.6. The van der Waals surface area contributed by atoms with Gasteiger partial charge in [0.05, 0.1) is 6.42 Å². The summed E-state index contributed by atoms with van der Waals surface area (Å²) < 4.78 is 0. The highest BCUT2D eigenvalue weighted by Gasteiger charge is 2.15. The summed E-state index contributed by atoms with van der Waals surface area (Å²) in [7, 11) is 0. The maximum absolute atomic E-state index is 12.1. The van der Waals surface area contributed by atoms with Gasteiger partial charge in [-0.1, -0.05) is 6.92 Å². The van der Waals surface area contributed by atoms with Gasteiger partial charge in [-0.15, -0.1) is 0 Å². The highest BCUT2D eigenvalue weighted by molar-refractivity contribution is 5.95. The van der Waals surface area contributed by atoms with Crippen LogP contribution in [0, 0.1) is 0 Å². The molecule has 0 aromatic heterocycles. The molecule has 1 aromatic rings. The molecule has 5 nitrogen and oxygen atoms in total. The van der Waals surface area contributed by atoms with Gasteiger partial charge in [0.1, 0.15) is 0 Å². The fourth-order valence-electron chi connectivity index (χ4n) is 2.19. The summed E-state index contributed by atoms with van der Waals surface area (Å²) in [5.41, 5.74) is 1.63. The van der Waals surface area contributed by atoms with E-state index in [-0.39, 0.29) is 18.4 Å². The molecule has 0 radical (unpaired) electrons. The molecule has 0 saturated heterocycles. The van der Waals surface area contributed by atoms with Gasteiger partial charge in [-0.3, -0.25) is 9.59 Å². The largest absolute Gasteiger partial charge is 0.481 e. The van der Waals surface area contributed by atoms with Crippen molar-refractivity contribution in [2.24, 2.45) is 0 Å². The van der Waals surface area contributed by atoms with E-state index in [0.717, 1.165) is 18.8 Å². The van der Waals surface area contributed by atoms with Gasteiger partial charge < -0.3 is 15.3 Å². The smallest absolute Gasteiger partial charge is 0.305 e. The number of carboxylic acids is 1. The zero-order valence-electron chi connectivity index (χ0n) is 12.9. The molecule has 0 fully saturated rings. The van der Waals surface area contributed by atoms with Gasteiger partial charge >= 0.3 is 5.97 Å². The number of rotatable bonds is 8. The van der Waals surface area contributed by atoms with Gasteiger partial charge in [0.15, 0.2) is 0 Å². The normalized spacial score (nSPS) is 11.8. The van der Waals surface area contributed by atoms with Crippen LogP contribution >= 0.6 is 0 Å². The number of carboxylic acid groups (broad SMARTS) is 1. The Kier molecular flexibility index (Phi) is 6.72. The molecule has 0 bridgehead atoms. The van der Waals surface area contributed by atoms with Crippen molar-refractivity contribution in [3.8, 4) is 0 Å². The third-order valence-corrected chi connectivity index (χ3v) is 3.51. The molecule has 1 amide bonds. The van der Waals surface area contributed by atoms with Crippen LogP contribution in [0.3, 0.4) is 0 Å². The van der Waals surface area contributed by atoms with Crippen molar-refractivity contribution in [3.05, 3.63) is 29.8 Å². The molecule has 0 aliphatic carbocycles. The van der Waals surface area contributed by atoms with Crippen LogP contribution in [0.1, 0.15) is 44.0 Å². The van der Waals surface area contributed by atoms with Crippen molar-refractivity contribution in [2.45, 2.75) is 39.7 Å². The van der Waals surface area contributed by atoms with E-state index in [1.54, 1.807) is 12.1 Å². The molecule has 1 aromatic carbocycles. The van der Waals surface area contributed by atoms with Gasteiger partial charge in [-0.2, -0.15) is 0 Å². The first kappa shape index (κ1) is 17.0. The minimum atomic E-state index is -0.904. The fourth-order valence-corrected chi connectivity index (χ4v) is 2.19. The van der Waals surface area contributed by atoms with Crippen LogP contribution in [-0.2, 0) is 4.79 Å². The lowest BCUT2D eigenvalue weighted by atomic mass is 10.1. The molecule has 2 N–H and O–H groups in total. The lowest BCUT2D eigenvalue weighted by molar-refractivity contribution is -0.137. The predicted octanol–water partition coefficient (Wildman–Crippen LogP) is 2.52. The van der Waals surface area contributed by atoms with Crippen LogP contribution in [0.4, 0.5) is 5.69 Å². The number of nitrogens with zero attached hydrogens (tertiary/aromatic N) is 1. The monoisotopic (exact) mass is 292 g/mol. The maximum atomic E-state index is 12.1. The zero-order chi connectivity index (χ0) is 15.8. The number of carbonyl (C=O) groups is 2. The van der Waals surface area contributed by atoms with Gasteiger partial charge in [-0.25, -0.2) is 0 Å². The summed E-state index contributed by atoms with van der Waals surface area (Å²) in [6.07, 6.45) is 0.537. The molecule has 21 heavy (non-hydrogen) atoms. The Labute approximate surface area is 126 Å². The maximum Gasteiger partial charge on any atom is 0.305 e. The van der Waals surface area contributed by atoms with Crippen LogP contribution in [-0.4, -0.2) is 36.1 Å². The molecule has 0 saturated carbocycles. The Balaban J connectivity index is 2.72. The molecule has 0 aliphatic rings. The van der Waals surface area contributed by atoms with Crippen LogP contribution in [0.25, 0.3) is 0 Å². The van der Waals surface area contributed by atoms with Crippen molar-refractivity contribution in [3.63, 3.8) is 0 Å². The summed E-state index contributed by atoms with van der Waals surface area (Å²) in [5.74, 6) is -1.13. The number of amides is 1. The number of hydrogen-bond donors (Lipinski definition) is 2. The average molecular weight is 292 g/mol. The van der Waals surface area contributed by atoms with Crippen LogP contribution in [0.15, 0.2) is 24.3 Å². The molecule has 0 heterocycles. The Morgan fingerprint density at radius 1 is 1.14 bits per heavy atom. The summed E-state index contributed by atoms with van der Waals surface area (Å²) in [4.78, 5) is 25.0. The van der Waals surface area contributed by atoms with Crippen LogP contribution in [0.5, 0.6) is 0 Å². The highest BCUT2D eigenvalue weighted by atomic mass is 16.4. The van der Waals surface area contributed by atoms with Gasteiger partial charge in [0.25, 0.3) is 5.91 Å². The van der Waals surface area contributed by atoms with Crippen molar-refractivity contribution >= 4 is 17.6 Å².